The number of ether oxygens (including phenoxy) is 2. The fourth-order valence-electron chi connectivity index (χ4n) is 2.02. The minimum atomic E-state index is -0.0108. The maximum Gasteiger partial charge on any atom is 0.257 e. The number of hydrogen-bond donors (Lipinski definition) is 0. The van der Waals surface area contributed by atoms with Crippen molar-refractivity contribution < 1.29 is 14.3 Å². The van der Waals surface area contributed by atoms with Crippen LogP contribution in [0.4, 0.5) is 0 Å². The Kier molecular flexibility index (Phi) is 4.24. The molecule has 0 N–H and O–H groups in total. The van der Waals surface area contributed by atoms with Crippen LogP contribution in [0, 0.1) is 0 Å². The number of carbonyl (C=O) groups excluding carboxylic acids is 1. The summed E-state index contributed by atoms with van der Waals surface area (Å²) in [4.78, 5) is 14.3. The first-order valence-electron chi connectivity index (χ1n) is 5.86. The van der Waals surface area contributed by atoms with E-state index in [9.17, 15) is 4.79 Å². The van der Waals surface area contributed by atoms with Gasteiger partial charge in [-0.2, -0.15) is 0 Å². The molecule has 5 heteroatoms. The lowest BCUT2D eigenvalue weighted by Gasteiger charge is -2.31. The monoisotopic (exact) mass is 313 g/mol. The Balaban J connectivity index is 2.24. The summed E-state index contributed by atoms with van der Waals surface area (Å²) < 4.78 is 11.5. The minimum absolute atomic E-state index is 0.0108. The van der Waals surface area contributed by atoms with Gasteiger partial charge in [0.1, 0.15) is 5.75 Å². The van der Waals surface area contributed by atoms with Gasteiger partial charge in [0.25, 0.3) is 5.91 Å². The topological polar surface area (TPSA) is 38.8 Å². The number of rotatable bonds is 2. The van der Waals surface area contributed by atoms with Crippen molar-refractivity contribution in [2.75, 3.05) is 26.8 Å². The van der Waals surface area contributed by atoms with Crippen molar-refractivity contribution in [2.24, 2.45) is 0 Å². The molecule has 0 radical (unpaired) electrons. The molecule has 0 saturated carbocycles. The molecule has 1 heterocycles. The molecule has 2 rings (SSSR count). The first-order chi connectivity index (χ1) is 8.61. The second kappa shape index (κ2) is 5.71. The van der Waals surface area contributed by atoms with E-state index in [0.717, 1.165) is 4.47 Å². The van der Waals surface area contributed by atoms with Gasteiger partial charge in [-0.15, -0.1) is 0 Å². The average Bonchev–Trinajstić information content (AvgIpc) is 2.38. The van der Waals surface area contributed by atoms with E-state index in [1.54, 1.807) is 24.1 Å². The van der Waals surface area contributed by atoms with Crippen molar-refractivity contribution in [1.82, 2.24) is 4.90 Å². The standard InChI is InChI=1S/C13H16BrNO3/c1-9-8-15(5-6-18-9)13(16)11-7-10(14)3-4-12(11)17-2/h3-4,7,9H,5-6,8H2,1-2H3. The van der Waals surface area contributed by atoms with Crippen molar-refractivity contribution in [3.63, 3.8) is 0 Å². The van der Waals surface area contributed by atoms with Crippen LogP contribution in [0.2, 0.25) is 0 Å². The van der Waals surface area contributed by atoms with Crippen LogP contribution in [0.1, 0.15) is 17.3 Å². The number of morpholine rings is 1. The summed E-state index contributed by atoms with van der Waals surface area (Å²) in [7, 11) is 1.57. The third-order valence-electron chi connectivity index (χ3n) is 2.92. The summed E-state index contributed by atoms with van der Waals surface area (Å²) >= 11 is 3.38. The van der Waals surface area contributed by atoms with E-state index < -0.39 is 0 Å². The predicted molar refractivity (Wildman–Crippen MR) is 72.0 cm³/mol. The van der Waals surface area contributed by atoms with Crippen LogP contribution in [-0.2, 0) is 4.74 Å². The highest BCUT2D eigenvalue weighted by Crippen LogP contribution is 2.25. The van der Waals surface area contributed by atoms with Gasteiger partial charge in [0, 0.05) is 17.6 Å². The highest BCUT2D eigenvalue weighted by Gasteiger charge is 2.24. The molecule has 1 aromatic carbocycles. The molecule has 1 aromatic rings. The third-order valence-corrected chi connectivity index (χ3v) is 3.41. The SMILES string of the molecule is COc1ccc(Br)cc1C(=O)N1CCOC(C)C1. The summed E-state index contributed by atoms with van der Waals surface area (Å²) in [6.45, 7) is 3.80. The Morgan fingerprint density at radius 1 is 1.56 bits per heavy atom. The molecule has 0 aromatic heterocycles. The number of benzene rings is 1. The summed E-state index contributed by atoms with van der Waals surface area (Å²) in [5.74, 6) is 0.589. The van der Waals surface area contributed by atoms with Gasteiger partial charge in [0.2, 0.25) is 0 Å². The van der Waals surface area contributed by atoms with E-state index in [1.807, 2.05) is 13.0 Å². The molecular weight excluding hydrogens is 298 g/mol. The van der Waals surface area contributed by atoms with Gasteiger partial charge < -0.3 is 14.4 Å². The van der Waals surface area contributed by atoms with Crippen molar-refractivity contribution in [1.29, 1.82) is 0 Å². The molecule has 4 nitrogen and oxygen atoms in total. The molecule has 0 bridgehead atoms. The lowest BCUT2D eigenvalue weighted by atomic mass is 10.1. The molecule has 1 fully saturated rings. The molecule has 0 aliphatic carbocycles. The number of amides is 1. The molecule has 1 amide bonds. The van der Waals surface area contributed by atoms with Gasteiger partial charge in [0.05, 0.1) is 25.4 Å². The van der Waals surface area contributed by atoms with Crippen LogP contribution >= 0.6 is 15.9 Å². The number of carbonyl (C=O) groups is 1. The Labute approximate surface area is 115 Å². The second-order valence-electron chi connectivity index (χ2n) is 4.28. The third kappa shape index (κ3) is 2.84. The van der Waals surface area contributed by atoms with Crippen LogP contribution in [0.5, 0.6) is 5.75 Å². The van der Waals surface area contributed by atoms with Crippen LogP contribution < -0.4 is 4.74 Å². The summed E-state index contributed by atoms with van der Waals surface area (Å²) in [5, 5.41) is 0. The number of hydrogen-bond acceptors (Lipinski definition) is 3. The highest BCUT2D eigenvalue weighted by atomic mass is 79.9. The van der Waals surface area contributed by atoms with E-state index in [2.05, 4.69) is 15.9 Å². The Bertz CT molecular complexity index is 450. The molecule has 1 aliphatic rings. The first-order valence-corrected chi connectivity index (χ1v) is 6.65. The molecule has 1 saturated heterocycles. The fourth-order valence-corrected chi connectivity index (χ4v) is 2.38. The van der Waals surface area contributed by atoms with E-state index >= 15 is 0 Å². The highest BCUT2D eigenvalue weighted by molar-refractivity contribution is 9.10. The molecule has 0 spiro atoms. The summed E-state index contributed by atoms with van der Waals surface area (Å²) in [6.07, 6.45) is 0.0841. The lowest BCUT2D eigenvalue weighted by molar-refractivity contribution is -0.0125. The average molecular weight is 314 g/mol. The number of nitrogens with zero attached hydrogens (tertiary/aromatic N) is 1. The number of halogens is 1. The molecule has 1 atom stereocenters. The zero-order valence-electron chi connectivity index (χ0n) is 10.5. The normalized spacial score (nSPS) is 19.7. The van der Waals surface area contributed by atoms with Gasteiger partial charge in [0.15, 0.2) is 0 Å². The van der Waals surface area contributed by atoms with Gasteiger partial charge in [-0.1, -0.05) is 15.9 Å². The van der Waals surface area contributed by atoms with E-state index in [0.29, 0.717) is 31.0 Å². The lowest BCUT2D eigenvalue weighted by Crippen LogP contribution is -2.44. The number of methoxy groups -OCH3 is 1. The van der Waals surface area contributed by atoms with E-state index in [4.69, 9.17) is 9.47 Å². The molecule has 98 valence electrons. The Hall–Kier alpha value is -1.07. The van der Waals surface area contributed by atoms with E-state index in [-0.39, 0.29) is 12.0 Å². The van der Waals surface area contributed by atoms with Crippen LogP contribution in [0.15, 0.2) is 22.7 Å². The van der Waals surface area contributed by atoms with Crippen molar-refractivity contribution in [2.45, 2.75) is 13.0 Å². The molecular formula is C13H16BrNO3. The predicted octanol–water partition coefficient (Wildman–Crippen LogP) is 2.32. The van der Waals surface area contributed by atoms with Crippen LogP contribution in [0.25, 0.3) is 0 Å². The molecule has 1 aliphatic heterocycles. The smallest absolute Gasteiger partial charge is 0.257 e. The van der Waals surface area contributed by atoms with Crippen molar-refractivity contribution >= 4 is 21.8 Å². The minimum Gasteiger partial charge on any atom is -0.496 e. The largest absolute Gasteiger partial charge is 0.496 e. The van der Waals surface area contributed by atoms with Gasteiger partial charge in [-0.05, 0) is 25.1 Å². The van der Waals surface area contributed by atoms with Gasteiger partial charge >= 0.3 is 0 Å². The van der Waals surface area contributed by atoms with Crippen LogP contribution in [0.3, 0.4) is 0 Å². The fraction of sp³-hybridized carbons (Fsp3) is 0.462. The molecule has 18 heavy (non-hydrogen) atoms. The Morgan fingerprint density at radius 2 is 2.33 bits per heavy atom. The van der Waals surface area contributed by atoms with Crippen LogP contribution in [-0.4, -0.2) is 43.7 Å². The van der Waals surface area contributed by atoms with Gasteiger partial charge in [-0.25, -0.2) is 0 Å². The summed E-state index contributed by atoms with van der Waals surface area (Å²) in [6, 6.07) is 5.44. The van der Waals surface area contributed by atoms with E-state index in [1.165, 1.54) is 0 Å². The van der Waals surface area contributed by atoms with Gasteiger partial charge in [-0.3, -0.25) is 4.79 Å². The van der Waals surface area contributed by atoms with Crippen molar-refractivity contribution in [3.8, 4) is 5.75 Å². The summed E-state index contributed by atoms with van der Waals surface area (Å²) in [5.41, 5.74) is 0.584. The Morgan fingerprint density at radius 3 is 3.00 bits per heavy atom. The maximum atomic E-state index is 12.4. The van der Waals surface area contributed by atoms with Crippen molar-refractivity contribution in [3.05, 3.63) is 28.2 Å². The zero-order valence-corrected chi connectivity index (χ0v) is 12.1. The second-order valence-corrected chi connectivity index (χ2v) is 5.19. The maximum absolute atomic E-state index is 12.4. The quantitative estimate of drug-likeness (QED) is 0.841. The molecule has 1 unspecified atom stereocenters. The first kappa shape index (κ1) is 13.4. The zero-order chi connectivity index (χ0) is 13.1.